The van der Waals surface area contributed by atoms with Crippen LogP contribution in [-0.4, -0.2) is 0 Å². The number of benzene rings is 2. The van der Waals surface area contributed by atoms with Gasteiger partial charge in [-0.25, -0.2) is 8.78 Å². The van der Waals surface area contributed by atoms with Crippen LogP contribution in [-0.2, 0) is 18.3 Å². The molecule has 0 saturated heterocycles. The fourth-order valence-corrected chi connectivity index (χ4v) is 5.81. The fraction of sp³-hybridized carbons (Fsp3) is 0.571. The third-order valence-corrected chi connectivity index (χ3v) is 7.73. The van der Waals surface area contributed by atoms with Gasteiger partial charge in [-0.3, -0.25) is 0 Å². The lowest BCUT2D eigenvalue weighted by molar-refractivity contribution is -0.227. The zero-order valence-electron chi connectivity index (χ0n) is 19.8. The van der Waals surface area contributed by atoms with E-state index in [4.69, 9.17) is 0 Å². The topological polar surface area (TPSA) is 0 Å². The van der Waals surface area contributed by atoms with Gasteiger partial charge in [0.05, 0.1) is 11.1 Å². The van der Waals surface area contributed by atoms with E-state index in [2.05, 4.69) is 6.92 Å². The standard InChI is InChI=1S/C28H32F6/c1-3-5-6-8-17-9-11-18(12-10-17)20-15-16-22-21-14-13-19(7-4-2)25(29)23(21)27(31,32)28(33,34)24(22)26(20)30/h13-18H,3-12H2,1-2H3. The van der Waals surface area contributed by atoms with Crippen molar-refractivity contribution in [2.45, 2.75) is 95.8 Å². The average Bonchev–Trinajstić information content (AvgIpc) is 2.80. The number of alkyl halides is 4. The number of halogens is 6. The van der Waals surface area contributed by atoms with Crippen LogP contribution in [0.5, 0.6) is 0 Å². The first-order chi connectivity index (χ1) is 16.1. The number of hydrogen-bond donors (Lipinski definition) is 0. The largest absolute Gasteiger partial charge is 0.343 e. The minimum absolute atomic E-state index is 0.0343. The maximum Gasteiger partial charge on any atom is 0.343 e. The Morgan fingerprint density at radius 2 is 1.32 bits per heavy atom. The summed E-state index contributed by atoms with van der Waals surface area (Å²) < 4.78 is 91.3. The Morgan fingerprint density at radius 3 is 1.91 bits per heavy atom. The molecule has 0 N–H and O–H groups in total. The first kappa shape index (κ1) is 25.1. The maximum absolute atomic E-state index is 15.6. The van der Waals surface area contributed by atoms with Crippen LogP contribution in [0.2, 0.25) is 0 Å². The molecule has 0 aliphatic heterocycles. The van der Waals surface area contributed by atoms with E-state index in [0.717, 1.165) is 32.1 Å². The second kappa shape index (κ2) is 9.58. The van der Waals surface area contributed by atoms with Crippen molar-refractivity contribution >= 4 is 0 Å². The van der Waals surface area contributed by atoms with Crippen molar-refractivity contribution in [3.63, 3.8) is 0 Å². The molecular weight excluding hydrogens is 450 g/mol. The van der Waals surface area contributed by atoms with E-state index in [-0.39, 0.29) is 34.6 Å². The summed E-state index contributed by atoms with van der Waals surface area (Å²) in [6.45, 7) is 3.89. The molecule has 1 saturated carbocycles. The van der Waals surface area contributed by atoms with E-state index in [1.165, 1.54) is 30.7 Å². The Morgan fingerprint density at radius 1 is 0.735 bits per heavy atom. The Labute approximate surface area is 197 Å². The highest BCUT2D eigenvalue weighted by Gasteiger charge is 2.65. The van der Waals surface area contributed by atoms with Crippen LogP contribution in [0.15, 0.2) is 24.3 Å². The van der Waals surface area contributed by atoms with Gasteiger partial charge in [0.1, 0.15) is 11.6 Å². The molecule has 0 nitrogen and oxygen atoms in total. The lowest BCUT2D eigenvalue weighted by atomic mass is 9.74. The van der Waals surface area contributed by atoms with E-state index in [9.17, 15) is 4.39 Å². The van der Waals surface area contributed by atoms with Gasteiger partial charge in [0.2, 0.25) is 0 Å². The van der Waals surface area contributed by atoms with Crippen LogP contribution >= 0.6 is 0 Å². The predicted molar refractivity (Wildman–Crippen MR) is 122 cm³/mol. The summed E-state index contributed by atoms with van der Waals surface area (Å²) in [7, 11) is 0. The molecule has 0 atom stereocenters. The van der Waals surface area contributed by atoms with Gasteiger partial charge in [0.25, 0.3) is 0 Å². The van der Waals surface area contributed by atoms with Gasteiger partial charge < -0.3 is 0 Å². The second-order valence-corrected chi connectivity index (χ2v) is 9.96. The summed E-state index contributed by atoms with van der Waals surface area (Å²) in [5, 5.41) is 0. The molecule has 0 amide bonds. The Kier molecular flexibility index (Phi) is 7.08. The number of fused-ring (bicyclic) bond motifs is 3. The SMILES string of the molecule is CCCCCC1CCC(c2ccc3c(c2F)C(F)(F)C(F)(F)c2c-3ccc(CCC)c2F)CC1. The van der Waals surface area contributed by atoms with E-state index in [1.54, 1.807) is 6.92 Å². The van der Waals surface area contributed by atoms with E-state index >= 15 is 22.0 Å². The third-order valence-electron chi connectivity index (χ3n) is 7.73. The van der Waals surface area contributed by atoms with Crippen LogP contribution in [0.1, 0.15) is 99.8 Å². The predicted octanol–water partition coefficient (Wildman–Crippen LogP) is 9.64. The molecule has 2 aromatic rings. The van der Waals surface area contributed by atoms with Crippen LogP contribution in [0.3, 0.4) is 0 Å². The number of unbranched alkanes of at least 4 members (excludes halogenated alkanes) is 2. The van der Waals surface area contributed by atoms with Gasteiger partial charge in [-0.15, -0.1) is 0 Å². The van der Waals surface area contributed by atoms with Gasteiger partial charge in [0, 0.05) is 0 Å². The van der Waals surface area contributed by atoms with Gasteiger partial charge in [-0.2, -0.15) is 17.6 Å². The van der Waals surface area contributed by atoms with Crippen molar-refractivity contribution in [2.75, 3.05) is 0 Å². The van der Waals surface area contributed by atoms with Gasteiger partial charge in [0.15, 0.2) is 0 Å². The highest BCUT2D eigenvalue weighted by atomic mass is 19.3. The molecule has 0 aromatic heterocycles. The monoisotopic (exact) mass is 482 g/mol. The molecule has 34 heavy (non-hydrogen) atoms. The quantitative estimate of drug-likeness (QED) is 0.272. The molecule has 1 fully saturated rings. The fourth-order valence-electron chi connectivity index (χ4n) is 5.81. The molecule has 2 aliphatic rings. The van der Waals surface area contributed by atoms with Crippen molar-refractivity contribution < 1.29 is 26.3 Å². The zero-order valence-corrected chi connectivity index (χ0v) is 19.8. The van der Waals surface area contributed by atoms with E-state index < -0.39 is 34.6 Å². The van der Waals surface area contributed by atoms with Crippen LogP contribution < -0.4 is 0 Å². The maximum atomic E-state index is 15.6. The normalized spacial score (nSPS) is 22.8. The molecule has 2 aromatic carbocycles. The highest BCUT2D eigenvalue weighted by Crippen LogP contribution is 2.60. The summed E-state index contributed by atoms with van der Waals surface area (Å²) in [6, 6.07) is 5.29. The second-order valence-electron chi connectivity index (χ2n) is 9.96. The molecule has 4 rings (SSSR count). The molecule has 0 heterocycles. The Bertz CT molecular complexity index is 1030. The average molecular weight is 483 g/mol. The third kappa shape index (κ3) is 4.05. The summed E-state index contributed by atoms with van der Waals surface area (Å²) >= 11 is 0. The summed E-state index contributed by atoms with van der Waals surface area (Å²) in [6.07, 6.45) is 8.27. The lowest BCUT2D eigenvalue weighted by Crippen LogP contribution is -2.41. The summed E-state index contributed by atoms with van der Waals surface area (Å²) in [5.74, 6) is -12.0. The first-order valence-electron chi connectivity index (χ1n) is 12.6. The van der Waals surface area contributed by atoms with Crippen molar-refractivity contribution in [3.05, 3.63) is 58.2 Å². The van der Waals surface area contributed by atoms with Gasteiger partial charge >= 0.3 is 11.8 Å². The van der Waals surface area contributed by atoms with Crippen molar-refractivity contribution in [2.24, 2.45) is 5.92 Å². The molecule has 0 bridgehead atoms. The van der Waals surface area contributed by atoms with Crippen molar-refractivity contribution in [3.8, 4) is 11.1 Å². The summed E-state index contributed by atoms with van der Waals surface area (Å²) in [4.78, 5) is 0. The smallest absolute Gasteiger partial charge is 0.206 e. The van der Waals surface area contributed by atoms with Crippen molar-refractivity contribution in [1.82, 2.24) is 0 Å². The van der Waals surface area contributed by atoms with Crippen molar-refractivity contribution in [1.29, 1.82) is 0 Å². The lowest BCUT2D eigenvalue weighted by Gasteiger charge is -2.37. The Balaban J connectivity index is 1.72. The zero-order chi connectivity index (χ0) is 24.7. The van der Waals surface area contributed by atoms with Gasteiger partial charge in [-0.05, 0) is 66.2 Å². The van der Waals surface area contributed by atoms with Crippen LogP contribution in [0.4, 0.5) is 26.3 Å². The molecule has 0 unspecified atom stereocenters. The van der Waals surface area contributed by atoms with Gasteiger partial charge in [-0.1, -0.05) is 70.2 Å². The molecule has 6 heteroatoms. The summed E-state index contributed by atoms with van der Waals surface area (Å²) in [5.41, 5.74) is -3.28. The minimum Gasteiger partial charge on any atom is -0.206 e. The van der Waals surface area contributed by atoms with Crippen LogP contribution in [0, 0.1) is 17.6 Å². The molecule has 2 aliphatic carbocycles. The number of aryl methyl sites for hydroxylation is 1. The molecule has 0 radical (unpaired) electrons. The number of hydrogen-bond acceptors (Lipinski definition) is 0. The van der Waals surface area contributed by atoms with E-state index in [1.807, 2.05) is 0 Å². The number of rotatable bonds is 7. The minimum atomic E-state index is -4.85. The highest BCUT2D eigenvalue weighted by molar-refractivity contribution is 5.77. The molecular formula is C28H32F6. The Hall–Kier alpha value is -1.98. The van der Waals surface area contributed by atoms with Crippen LogP contribution in [0.25, 0.3) is 11.1 Å². The van der Waals surface area contributed by atoms with E-state index in [0.29, 0.717) is 25.2 Å². The molecule has 186 valence electrons. The molecule has 0 spiro atoms. The first-order valence-corrected chi connectivity index (χ1v) is 12.6.